The molecule has 4 aliphatic rings. The highest BCUT2D eigenvalue weighted by Gasteiger charge is 2.57. The Kier molecular flexibility index (Phi) is 4.19. The van der Waals surface area contributed by atoms with Crippen LogP contribution in [0.1, 0.15) is 70.1 Å². The SMILES string of the molecule is Cn1cc(CO)c(C2=CC[C@H]3[C@@H]4CC=C5C[C@@H](O)CC[C@]5(C)[C@H]4CC[C@]23C)n1. The van der Waals surface area contributed by atoms with Gasteiger partial charge in [0.1, 0.15) is 0 Å². The molecule has 5 rings (SSSR count). The van der Waals surface area contributed by atoms with Crippen LogP contribution in [0, 0.1) is 28.6 Å². The first-order valence-corrected chi connectivity index (χ1v) is 11.1. The van der Waals surface area contributed by atoms with Crippen LogP contribution in [0.15, 0.2) is 23.9 Å². The third-order valence-electron chi connectivity index (χ3n) is 8.99. The zero-order valence-electron chi connectivity index (χ0n) is 17.5. The minimum atomic E-state index is -0.134. The molecule has 0 unspecified atom stereocenters. The molecule has 0 saturated heterocycles. The number of allylic oxidation sites excluding steroid dienone is 3. The van der Waals surface area contributed by atoms with Crippen molar-refractivity contribution in [2.75, 3.05) is 0 Å². The molecule has 0 amide bonds. The number of aromatic nitrogens is 2. The highest BCUT2D eigenvalue weighted by Crippen LogP contribution is 2.66. The van der Waals surface area contributed by atoms with E-state index >= 15 is 0 Å². The molecule has 6 atom stereocenters. The van der Waals surface area contributed by atoms with Crippen molar-refractivity contribution in [3.63, 3.8) is 0 Å². The second-order valence-corrected chi connectivity index (χ2v) is 10.3. The maximum Gasteiger partial charge on any atom is 0.0940 e. The van der Waals surface area contributed by atoms with Crippen molar-refractivity contribution in [3.05, 3.63) is 35.2 Å². The molecule has 28 heavy (non-hydrogen) atoms. The second kappa shape index (κ2) is 6.30. The van der Waals surface area contributed by atoms with E-state index in [4.69, 9.17) is 5.10 Å². The molecule has 4 aliphatic carbocycles. The number of hydrogen-bond donors (Lipinski definition) is 2. The van der Waals surface area contributed by atoms with Crippen LogP contribution in [0.2, 0.25) is 0 Å². The van der Waals surface area contributed by atoms with E-state index in [2.05, 4.69) is 26.0 Å². The molecule has 0 spiro atoms. The zero-order valence-corrected chi connectivity index (χ0v) is 17.5. The van der Waals surface area contributed by atoms with Gasteiger partial charge in [-0.3, -0.25) is 4.68 Å². The van der Waals surface area contributed by atoms with E-state index in [1.807, 2.05) is 17.9 Å². The topological polar surface area (TPSA) is 58.3 Å². The van der Waals surface area contributed by atoms with Crippen LogP contribution in [0.3, 0.4) is 0 Å². The lowest BCUT2D eigenvalue weighted by atomic mass is 9.47. The Morgan fingerprint density at radius 3 is 2.68 bits per heavy atom. The molecule has 0 bridgehead atoms. The predicted molar refractivity (Wildman–Crippen MR) is 110 cm³/mol. The first-order valence-electron chi connectivity index (χ1n) is 11.1. The van der Waals surface area contributed by atoms with Gasteiger partial charge in [-0.25, -0.2) is 0 Å². The third-order valence-corrected chi connectivity index (χ3v) is 8.99. The maximum absolute atomic E-state index is 10.2. The van der Waals surface area contributed by atoms with E-state index in [-0.39, 0.29) is 23.5 Å². The summed E-state index contributed by atoms with van der Waals surface area (Å²) in [6.07, 6.45) is 14.5. The Bertz CT molecular complexity index is 853. The molecule has 0 radical (unpaired) electrons. The normalized spacial score (nSPS) is 42.3. The smallest absolute Gasteiger partial charge is 0.0940 e. The standard InChI is InChI=1S/C24H34N2O2/c1-23-10-8-17(28)12-16(23)4-5-18-19-6-7-21(24(19,2)11-9-20(18)23)22-15(14-27)13-26(3)25-22/h4,7,13,17-20,27-28H,5-6,8-12,14H2,1-3H3/t17-,18-,19-,20-,23-,24-/m0/s1. The van der Waals surface area contributed by atoms with Gasteiger partial charge in [0, 0.05) is 18.8 Å². The lowest BCUT2D eigenvalue weighted by Crippen LogP contribution is -2.49. The minimum absolute atomic E-state index is 0.0554. The molecule has 4 nitrogen and oxygen atoms in total. The van der Waals surface area contributed by atoms with E-state index < -0.39 is 0 Å². The van der Waals surface area contributed by atoms with Gasteiger partial charge in [0.2, 0.25) is 0 Å². The lowest BCUT2D eigenvalue weighted by molar-refractivity contribution is -0.0239. The number of aliphatic hydroxyl groups is 2. The van der Waals surface area contributed by atoms with E-state index in [0.29, 0.717) is 5.92 Å². The Morgan fingerprint density at radius 2 is 1.89 bits per heavy atom. The van der Waals surface area contributed by atoms with Gasteiger partial charge < -0.3 is 10.2 Å². The van der Waals surface area contributed by atoms with Crippen molar-refractivity contribution >= 4 is 5.57 Å². The molecule has 0 aliphatic heterocycles. The van der Waals surface area contributed by atoms with Crippen LogP contribution >= 0.6 is 0 Å². The molecule has 1 aromatic heterocycles. The van der Waals surface area contributed by atoms with Crippen LogP contribution in [-0.4, -0.2) is 26.1 Å². The number of fused-ring (bicyclic) bond motifs is 5. The summed E-state index contributed by atoms with van der Waals surface area (Å²) in [5, 5.41) is 24.8. The Balaban J connectivity index is 1.48. The van der Waals surface area contributed by atoms with Gasteiger partial charge in [-0.2, -0.15) is 5.10 Å². The summed E-state index contributed by atoms with van der Waals surface area (Å²) in [7, 11) is 1.95. The Morgan fingerprint density at radius 1 is 1.11 bits per heavy atom. The molecule has 1 aromatic rings. The summed E-state index contributed by atoms with van der Waals surface area (Å²) in [5.74, 6) is 2.13. The number of aliphatic hydroxyl groups excluding tert-OH is 2. The number of nitrogens with zero attached hydrogens (tertiary/aromatic N) is 2. The molecule has 4 heteroatoms. The second-order valence-electron chi connectivity index (χ2n) is 10.3. The minimum Gasteiger partial charge on any atom is -0.393 e. The summed E-state index contributed by atoms with van der Waals surface area (Å²) in [6.45, 7) is 4.99. The summed E-state index contributed by atoms with van der Waals surface area (Å²) in [6, 6.07) is 0. The van der Waals surface area contributed by atoms with E-state index in [9.17, 15) is 10.2 Å². The Hall–Kier alpha value is -1.39. The van der Waals surface area contributed by atoms with E-state index in [1.165, 1.54) is 30.4 Å². The first-order chi connectivity index (χ1) is 13.4. The molecular formula is C24H34N2O2. The average Bonchev–Trinajstić information content (AvgIpc) is 3.21. The van der Waals surface area contributed by atoms with Crippen LogP contribution in [0.25, 0.3) is 5.57 Å². The van der Waals surface area contributed by atoms with Crippen molar-refractivity contribution in [3.8, 4) is 0 Å². The molecule has 2 saturated carbocycles. The van der Waals surface area contributed by atoms with Crippen molar-refractivity contribution in [1.29, 1.82) is 0 Å². The van der Waals surface area contributed by atoms with Gasteiger partial charge in [0.15, 0.2) is 0 Å². The van der Waals surface area contributed by atoms with Crippen molar-refractivity contribution < 1.29 is 10.2 Å². The molecule has 0 aromatic carbocycles. The van der Waals surface area contributed by atoms with E-state index in [1.54, 1.807) is 0 Å². The fourth-order valence-electron chi connectivity index (χ4n) is 7.46. The molecule has 1 heterocycles. The summed E-state index contributed by atoms with van der Waals surface area (Å²) >= 11 is 0. The summed E-state index contributed by atoms with van der Waals surface area (Å²) in [4.78, 5) is 0. The Labute approximate surface area is 168 Å². The van der Waals surface area contributed by atoms with Crippen molar-refractivity contribution in [2.45, 2.75) is 71.5 Å². The zero-order chi connectivity index (χ0) is 19.7. The summed E-state index contributed by atoms with van der Waals surface area (Å²) < 4.78 is 1.84. The fourth-order valence-corrected chi connectivity index (χ4v) is 7.46. The highest BCUT2D eigenvalue weighted by molar-refractivity contribution is 5.72. The van der Waals surface area contributed by atoms with Crippen LogP contribution in [0.5, 0.6) is 0 Å². The van der Waals surface area contributed by atoms with Gasteiger partial charge in [-0.15, -0.1) is 0 Å². The number of hydrogen-bond acceptors (Lipinski definition) is 3. The first kappa shape index (κ1) is 18.6. The third kappa shape index (κ3) is 2.46. The number of aryl methyl sites for hydroxylation is 1. The quantitative estimate of drug-likeness (QED) is 0.753. The van der Waals surface area contributed by atoms with Crippen molar-refractivity contribution in [2.24, 2.45) is 35.6 Å². The molecule has 2 N–H and O–H groups in total. The fraction of sp³-hybridized carbons (Fsp3) is 0.708. The highest BCUT2D eigenvalue weighted by atomic mass is 16.3. The van der Waals surface area contributed by atoms with Gasteiger partial charge >= 0.3 is 0 Å². The number of rotatable bonds is 2. The van der Waals surface area contributed by atoms with Crippen LogP contribution < -0.4 is 0 Å². The average molecular weight is 383 g/mol. The predicted octanol–water partition coefficient (Wildman–Crippen LogP) is 4.23. The summed E-state index contributed by atoms with van der Waals surface area (Å²) in [5.41, 5.74) is 5.33. The van der Waals surface area contributed by atoms with Crippen LogP contribution in [-0.2, 0) is 13.7 Å². The molecule has 2 fully saturated rings. The van der Waals surface area contributed by atoms with Gasteiger partial charge in [-0.05, 0) is 79.1 Å². The molecule has 152 valence electrons. The van der Waals surface area contributed by atoms with Gasteiger partial charge in [0.25, 0.3) is 0 Å². The van der Waals surface area contributed by atoms with Crippen LogP contribution in [0.4, 0.5) is 0 Å². The van der Waals surface area contributed by atoms with Gasteiger partial charge in [0.05, 0.1) is 18.4 Å². The molecular weight excluding hydrogens is 348 g/mol. The maximum atomic E-state index is 10.2. The van der Waals surface area contributed by atoms with E-state index in [0.717, 1.165) is 48.8 Å². The van der Waals surface area contributed by atoms with Crippen molar-refractivity contribution in [1.82, 2.24) is 9.78 Å². The van der Waals surface area contributed by atoms with Gasteiger partial charge in [-0.1, -0.05) is 31.6 Å². The monoisotopic (exact) mass is 382 g/mol. The lowest BCUT2D eigenvalue weighted by Gasteiger charge is -2.57. The largest absolute Gasteiger partial charge is 0.393 e.